The number of aliphatic carboxylic acids is 2. The lowest BCUT2D eigenvalue weighted by Gasteiger charge is -2.18. The minimum atomic E-state index is -1.47. The summed E-state index contributed by atoms with van der Waals surface area (Å²) >= 11 is 0. The van der Waals surface area contributed by atoms with Crippen molar-refractivity contribution in [2.45, 2.75) is 32.4 Å². The molecule has 0 aliphatic rings. The van der Waals surface area contributed by atoms with Crippen LogP contribution in [0.4, 0.5) is 4.79 Å². The van der Waals surface area contributed by atoms with E-state index in [2.05, 4.69) is 10.6 Å². The smallest absolute Gasteiger partial charge is 0.326 e. The number of carbonyl (C=O) groups excluding carboxylic acids is 1. The Balaban J connectivity index is 2.61. The largest absolute Gasteiger partial charge is 0.481 e. The van der Waals surface area contributed by atoms with E-state index >= 15 is 0 Å². The Labute approximate surface area is 122 Å². The molecule has 1 aromatic carbocycles. The van der Waals surface area contributed by atoms with Crippen molar-refractivity contribution in [3.63, 3.8) is 0 Å². The highest BCUT2D eigenvalue weighted by molar-refractivity contribution is 5.86. The molecule has 0 aromatic heterocycles. The second kappa shape index (κ2) is 7.28. The molecule has 0 heterocycles. The highest BCUT2D eigenvalue weighted by Crippen LogP contribution is 2.12. The Kier molecular flexibility index (Phi) is 5.71. The minimum absolute atomic E-state index is 0.329. The first-order valence-electron chi connectivity index (χ1n) is 6.37. The monoisotopic (exact) mass is 294 g/mol. The molecule has 0 aliphatic carbocycles. The maximum Gasteiger partial charge on any atom is 0.326 e. The van der Waals surface area contributed by atoms with E-state index in [1.54, 1.807) is 6.92 Å². The molecule has 1 aromatic rings. The fraction of sp³-hybridized carbons (Fsp3) is 0.357. The van der Waals surface area contributed by atoms with E-state index in [1.165, 1.54) is 0 Å². The van der Waals surface area contributed by atoms with E-state index in [0.29, 0.717) is 0 Å². The topological polar surface area (TPSA) is 116 Å². The van der Waals surface area contributed by atoms with Crippen LogP contribution in [0.1, 0.15) is 30.5 Å². The number of hydrogen-bond donors (Lipinski definition) is 4. The van der Waals surface area contributed by atoms with Crippen LogP contribution >= 0.6 is 0 Å². The van der Waals surface area contributed by atoms with Crippen LogP contribution in [0, 0.1) is 6.92 Å². The molecule has 21 heavy (non-hydrogen) atoms. The normalized spacial score (nSPS) is 13.0. The number of rotatable bonds is 6. The molecule has 7 heteroatoms. The predicted molar refractivity (Wildman–Crippen MR) is 74.9 cm³/mol. The lowest BCUT2D eigenvalue weighted by molar-refractivity contribution is -0.145. The zero-order chi connectivity index (χ0) is 16.0. The van der Waals surface area contributed by atoms with Crippen LogP contribution in [0.2, 0.25) is 0 Å². The third kappa shape index (κ3) is 5.52. The van der Waals surface area contributed by atoms with Crippen LogP contribution in [0.25, 0.3) is 0 Å². The molecule has 4 N–H and O–H groups in total. The summed E-state index contributed by atoms with van der Waals surface area (Å²) in [5.41, 5.74) is 1.95. The average Bonchev–Trinajstić information content (AvgIpc) is 2.37. The van der Waals surface area contributed by atoms with E-state index < -0.39 is 30.4 Å². The Hall–Kier alpha value is -2.57. The van der Waals surface area contributed by atoms with E-state index in [0.717, 1.165) is 11.1 Å². The quantitative estimate of drug-likeness (QED) is 0.631. The summed E-state index contributed by atoms with van der Waals surface area (Å²) in [6, 6.07) is 4.99. The van der Waals surface area contributed by atoms with Gasteiger partial charge < -0.3 is 20.8 Å². The number of urea groups is 1. The highest BCUT2D eigenvalue weighted by Gasteiger charge is 2.23. The van der Waals surface area contributed by atoms with Crippen LogP contribution in [0.3, 0.4) is 0 Å². The van der Waals surface area contributed by atoms with Crippen molar-refractivity contribution in [1.29, 1.82) is 0 Å². The summed E-state index contributed by atoms with van der Waals surface area (Å²) in [6.45, 7) is 3.69. The lowest BCUT2D eigenvalue weighted by atomic mass is 10.1. The molecule has 2 amide bonds. The number of aryl methyl sites for hydroxylation is 1. The maximum atomic E-state index is 11.7. The van der Waals surface area contributed by atoms with Gasteiger partial charge >= 0.3 is 18.0 Å². The number of carboxylic acids is 2. The van der Waals surface area contributed by atoms with Gasteiger partial charge in [0.2, 0.25) is 0 Å². The van der Waals surface area contributed by atoms with E-state index in [4.69, 9.17) is 10.2 Å². The molecule has 0 saturated carbocycles. The number of benzene rings is 1. The first-order valence-corrected chi connectivity index (χ1v) is 6.37. The fourth-order valence-electron chi connectivity index (χ4n) is 1.71. The van der Waals surface area contributed by atoms with Gasteiger partial charge in [0.05, 0.1) is 12.5 Å². The first kappa shape index (κ1) is 16.5. The van der Waals surface area contributed by atoms with E-state index in [1.807, 2.05) is 31.2 Å². The molecule has 0 saturated heterocycles. The number of carbonyl (C=O) groups is 3. The molecule has 0 aliphatic heterocycles. The molecular formula is C14H18N2O5. The lowest BCUT2D eigenvalue weighted by Crippen LogP contribution is -2.47. The number of nitrogens with one attached hydrogen (secondary N) is 2. The molecule has 114 valence electrons. The van der Waals surface area contributed by atoms with Gasteiger partial charge in [0.15, 0.2) is 0 Å². The SMILES string of the molecule is Cc1ccc(C(C)NC(=O)N[C@@H](CC(=O)O)C(=O)O)cc1. The van der Waals surface area contributed by atoms with Gasteiger partial charge in [0.25, 0.3) is 0 Å². The molecule has 0 bridgehead atoms. The summed E-state index contributed by atoms with van der Waals surface area (Å²) in [5.74, 6) is -2.69. The van der Waals surface area contributed by atoms with Gasteiger partial charge in [0.1, 0.15) is 6.04 Å². The third-order valence-corrected chi connectivity index (χ3v) is 2.91. The standard InChI is InChI=1S/C14H18N2O5/c1-8-3-5-10(6-4-8)9(2)15-14(21)16-11(13(19)20)7-12(17)18/h3-6,9,11H,7H2,1-2H3,(H,17,18)(H,19,20)(H2,15,16,21)/t9?,11-/m0/s1. The number of hydrogen-bond acceptors (Lipinski definition) is 3. The summed E-state index contributed by atoms with van der Waals surface area (Å²) in [6.07, 6.45) is -0.679. The van der Waals surface area contributed by atoms with Crippen molar-refractivity contribution >= 4 is 18.0 Å². The zero-order valence-electron chi connectivity index (χ0n) is 11.8. The van der Waals surface area contributed by atoms with Crippen LogP contribution in [0.5, 0.6) is 0 Å². The summed E-state index contributed by atoms with van der Waals surface area (Å²) in [7, 11) is 0. The van der Waals surface area contributed by atoms with Gasteiger partial charge in [-0.05, 0) is 19.4 Å². The molecule has 0 radical (unpaired) electrons. The van der Waals surface area contributed by atoms with Crippen LogP contribution < -0.4 is 10.6 Å². The summed E-state index contributed by atoms with van der Waals surface area (Å²) < 4.78 is 0. The molecule has 0 fully saturated rings. The summed E-state index contributed by atoms with van der Waals surface area (Å²) in [5, 5.41) is 22.1. The zero-order valence-corrected chi connectivity index (χ0v) is 11.8. The molecule has 7 nitrogen and oxygen atoms in total. The molecule has 2 atom stereocenters. The Morgan fingerprint density at radius 2 is 1.67 bits per heavy atom. The number of amides is 2. The van der Waals surface area contributed by atoms with Crippen LogP contribution in [-0.4, -0.2) is 34.2 Å². The average molecular weight is 294 g/mol. The van der Waals surface area contributed by atoms with Gasteiger partial charge in [-0.25, -0.2) is 9.59 Å². The Morgan fingerprint density at radius 1 is 1.10 bits per heavy atom. The Bertz CT molecular complexity index is 527. The van der Waals surface area contributed by atoms with Crippen molar-refractivity contribution in [3.8, 4) is 0 Å². The molecule has 1 unspecified atom stereocenters. The molecule has 1 rings (SSSR count). The van der Waals surface area contributed by atoms with Gasteiger partial charge in [-0.1, -0.05) is 29.8 Å². The third-order valence-electron chi connectivity index (χ3n) is 2.91. The van der Waals surface area contributed by atoms with Crippen molar-refractivity contribution in [1.82, 2.24) is 10.6 Å². The second-order valence-electron chi connectivity index (χ2n) is 4.74. The van der Waals surface area contributed by atoms with E-state index in [-0.39, 0.29) is 6.04 Å². The predicted octanol–water partition coefficient (Wildman–Crippen LogP) is 1.28. The van der Waals surface area contributed by atoms with Gasteiger partial charge in [0, 0.05) is 0 Å². The highest BCUT2D eigenvalue weighted by atomic mass is 16.4. The summed E-state index contributed by atoms with van der Waals surface area (Å²) in [4.78, 5) is 33.1. The van der Waals surface area contributed by atoms with Crippen molar-refractivity contribution in [3.05, 3.63) is 35.4 Å². The molecular weight excluding hydrogens is 276 g/mol. The number of carboxylic acid groups (broad SMARTS) is 2. The first-order chi connectivity index (χ1) is 9.79. The van der Waals surface area contributed by atoms with E-state index in [9.17, 15) is 14.4 Å². The van der Waals surface area contributed by atoms with Crippen molar-refractivity contribution in [2.24, 2.45) is 0 Å². The van der Waals surface area contributed by atoms with Crippen LogP contribution in [0.15, 0.2) is 24.3 Å². The van der Waals surface area contributed by atoms with Crippen molar-refractivity contribution in [2.75, 3.05) is 0 Å². The maximum absolute atomic E-state index is 11.7. The van der Waals surface area contributed by atoms with Gasteiger partial charge in [-0.2, -0.15) is 0 Å². The minimum Gasteiger partial charge on any atom is -0.481 e. The fourth-order valence-corrected chi connectivity index (χ4v) is 1.71. The second-order valence-corrected chi connectivity index (χ2v) is 4.74. The Morgan fingerprint density at radius 3 is 2.14 bits per heavy atom. The molecule has 0 spiro atoms. The van der Waals surface area contributed by atoms with Gasteiger partial charge in [-0.3, -0.25) is 4.79 Å². The van der Waals surface area contributed by atoms with Crippen molar-refractivity contribution < 1.29 is 24.6 Å². The van der Waals surface area contributed by atoms with Gasteiger partial charge in [-0.15, -0.1) is 0 Å². The van der Waals surface area contributed by atoms with Crippen LogP contribution in [-0.2, 0) is 9.59 Å².